The fourth-order valence-electron chi connectivity index (χ4n) is 4.55. The zero-order chi connectivity index (χ0) is 23.9. The Morgan fingerprint density at radius 2 is 1.86 bits per heavy atom. The number of piperidine rings is 1. The summed E-state index contributed by atoms with van der Waals surface area (Å²) in [5.41, 5.74) is 3.27. The number of nitrogens with zero attached hydrogens (tertiary/aromatic N) is 5. The Labute approximate surface area is 202 Å². The minimum Gasteiger partial charge on any atom is -0.473 e. The van der Waals surface area contributed by atoms with Gasteiger partial charge in [-0.15, -0.1) is 11.3 Å². The molecule has 0 unspecified atom stereocenters. The first-order valence-electron chi connectivity index (χ1n) is 11.2. The summed E-state index contributed by atoms with van der Waals surface area (Å²) in [5.74, 6) is 0.461. The molecule has 0 saturated carbocycles. The number of fused-ring (bicyclic) bond motifs is 2. The lowest BCUT2D eigenvalue weighted by Gasteiger charge is -2.32. The second kappa shape index (κ2) is 8.84. The quantitative estimate of drug-likeness (QED) is 0.287. The molecule has 1 saturated heterocycles. The summed E-state index contributed by atoms with van der Waals surface area (Å²) in [6.07, 6.45) is 2.61. The van der Waals surface area contributed by atoms with Crippen molar-refractivity contribution >= 4 is 38.5 Å². The molecule has 0 radical (unpaired) electrons. The van der Waals surface area contributed by atoms with E-state index < -0.39 is 6.55 Å². The zero-order valence-electron chi connectivity index (χ0n) is 18.4. The number of ether oxygens (including phenoxy) is 1. The summed E-state index contributed by atoms with van der Waals surface area (Å²) >= 11 is 1.46. The van der Waals surface area contributed by atoms with Crippen LogP contribution in [0.2, 0.25) is 0 Å². The molecule has 35 heavy (non-hydrogen) atoms. The molecular formula is C25H20F3N5OS. The van der Waals surface area contributed by atoms with Crippen LogP contribution in [0.5, 0.6) is 5.88 Å². The van der Waals surface area contributed by atoms with Crippen molar-refractivity contribution in [1.29, 1.82) is 0 Å². The summed E-state index contributed by atoms with van der Waals surface area (Å²) in [6, 6.07) is 13.3. The van der Waals surface area contributed by atoms with E-state index in [2.05, 4.69) is 15.0 Å². The molecule has 1 fully saturated rings. The molecule has 1 aliphatic rings. The maximum Gasteiger partial charge on any atom is 0.321 e. The number of benzene rings is 2. The maximum atomic E-state index is 13.8. The van der Waals surface area contributed by atoms with Crippen LogP contribution < -0.4 is 9.64 Å². The van der Waals surface area contributed by atoms with Gasteiger partial charge >= 0.3 is 6.55 Å². The zero-order valence-corrected chi connectivity index (χ0v) is 19.3. The monoisotopic (exact) mass is 495 g/mol. The Morgan fingerprint density at radius 1 is 1.03 bits per heavy atom. The van der Waals surface area contributed by atoms with Gasteiger partial charge in [0.1, 0.15) is 22.9 Å². The molecule has 6 nitrogen and oxygen atoms in total. The van der Waals surface area contributed by atoms with Crippen LogP contribution in [0.3, 0.4) is 0 Å². The van der Waals surface area contributed by atoms with E-state index in [0.717, 1.165) is 20.4 Å². The van der Waals surface area contributed by atoms with Gasteiger partial charge in [0, 0.05) is 36.9 Å². The standard InChI is InChI=1S/C25H20F3N5OS/c26-16-5-3-4-15(12-16)18-13-35-22-21(18)29-14-30-23(22)34-17-8-10-32(11-9-17)25-31-19-6-1-2-7-20(19)33(25)24(27)28/h1-7,12-14,17,24H,8-11H2. The van der Waals surface area contributed by atoms with Crippen LogP contribution in [-0.2, 0) is 0 Å². The Kier molecular flexibility index (Phi) is 5.52. The Hall–Kier alpha value is -3.66. The first-order chi connectivity index (χ1) is 17.1. The highest BCUT2D eigenvalue weighted by molar-refractivity contribution is 7.18. The fraction of sp³-hybridized carbons (Fsp3) is 0.240. The van der Waals surface area contributed by atoms with Crippen LogP contribution in [0.25, 0.3) is 32.4 Å². The summed E-state index contributed by atoms with van der Waals surface area (Å²) in [4.78, 5) is 15.1. The molecule has 10 heteroatoms. The summed E-state index contributed by atoms with van der Waals surface area (Å²) < 4.78 is 49.4. The molecule has 0 bridgehead atoms. The van der Waals surface area contributed by atoms with Gasteiger partial charge in [0.2, 0.25) is 11.8 Å². The molecule has 0 spiro atoms. The van der Waals surface area contributed by atoms with Gasteiger partial charge in [0.05, 0.1) is 16.6 Å². The molecule has 0 N–H and O–H groups in total. The smallest absolute Gasteiger partial charge is 0.321 e. The van der Waals surface area contributed by atoms with Gasteiger partial charge in [-0.05, 0) is 29.8 Å². The Bertz CT molecular complexity index is 1510. The Balaban J connectivity index is 1.21. The van der Waals surface area contributed by atoms with E-state index in [1.54, 1.807) is 30.3 Å². The number of para-hydroxylation sites is 2. The van der Waals surface area contributed by atoms with Crippen LogP contribution in [0.4, 0.5) is 19.1 Å². The molecule has 3 aromatic heterocycles. The predicted octanol–water partition coefficient (Wildman–Crippen LogP) is 6.29. The van der Waals surface area contributed by atoms with E-state index in [9.17, 15) is 13.2 Å². The third kappa shape index (κ3) is 3.97. The SMILES string of the molecule is Fc1cccc(-c2csc3c(OC4CCN(c5nc6ccccc6n5C(F)F)CC4)ncnc23)c1. The third-order valence-corrected chi connectivity index (χ3v) is 7.19. The van der Waals surface area contributed by atoms with E-state index in [-0.39, 0.29) is 17.9 Å². The lowest BCUT2D eigenvalue weighted by atomic mass is 10.1. The molecule has 4 heterocycles. The van der Waals surface area contributed by atoms with Crippen molar-refractivity contribution in [2.45, 2.75) is 25.5 Å². The minimum atomic E-state index is -2.67. The minimum absolute atomic E-state index is 0.117. The normalized spacial score (nSPS) is 14.9. The number of rotatable bonds is 5. The number of hydrogen-bond acceptors (Lipinski definition) is 6. The van der Waals surface area contributed by atoms with Gasteiger partial charge in [-0.2, -0.15) is 8.78 Å². The van der Waals surface area contributed by atoms with E-state index in [1.165, 1.54) is 29.8 Å². The molecule has 5 aromatic rings. The lowest BCUT2D eigenvalue weighted by molar-refractivity contribution is 0.0752. The van der Waals surface area contributed by atoms with E-state index in [4.69, 9.17) is 4.74 Å². The molecule has 1 aliphatic heterocycles. The van der Waals surface area contributed by atoms with E-state index in [1.807, 2.05) is 16.3 Å². The van der Waals surface area contributed by atoms with Crippen LogP contribution in [0.1, 0.15) is 19.4 Å². The van der Waals surface area contributed by atoms with Crippen LogP contribution in [0.15, 0.2) is 60.2 Å². The predicted molar refractivity (Wildman–Crippen MR) is 130 cm³/mol. The summed E-state index contributed by atoms with van der Waals surface area (Å²) in [6.45, 7) is -1.60. The number of anilines is 1. The highest BCUT2D eigenvalue weighted by atomic mass is 32.1. The lowest BCUT2D eigenvalue weighted by Crippen LogP contribution is -2.39. The van der Waals surface area contributed by atoms with Crippen LogP contribution in [-0.4, -0.2) is 38.7 Å². The summed E-state index contributed by atoms with van der Waals surface area (Å²) in [7, 11) is 0. The van der Waals surface area contributed by atoms with Crippen molar-refractivity contribution in [2.75, 3.05) is 18.0 Å². The topological polar surface area (TPSA) is 56.1 Å². The van der Waals surface area contributed by atoms with Gasteiger partial charge in [0.15, 0.2) is 0 Å². The van der Waals surface area contributed by atoms with Crippen molar-refractivity contribution in [2.24, 2.45) is 0 Å². The van der Waals surface area contributed by atoms with Gasteiger partial charge < -0.3 is 9.64 Å². The van der Waals surface area contributed by atoms with Crippen LogP contribution >= 0.6 is 11.3 Å². The highest BCUT2D eigenvalue weighted by Crippen LogP contribution is 2.38. The first-order valence-corrected chi connectivity index (χ1v) is 12.1. The van der Waals surface area contributed by atoms with Crippen molar-refractivity contribution in [3.8, 4) is 17.0 Å². The fourth-order valence-corrected chi connectivity index (χ4v) is 5.51. The molecule has 2 aromatic carbocycles. The molecule has 0 amide bonds. The molecule has 178 valence electrons. The number of halogens is 3. The third-order valence-electron chi connectivity index (χ3n) is 6.23. The maximum absolute atomic E-state index is 13.8. The number of thiophene rings is 1. The second-order valence-electron chi connectivity index (χ2n) is 8.37. The average Bonchev–Trinajstić information content (AvgIpc) is 3.47. The molecule has 0 atom stereocenters. The number of imidazole rings is 1. The van der Waals surface area contributed by atoms with Crippen molar-refractivity contribution in [3.05, 3.63) is 66.1 Å². The van der Waals surface area contributed by atoms with E-state index >= 15 is 0 Å². The van der Waals surface area contributed by atoms with Crippen molar-refractivity contribution in [3.63, 3.8) is 0 Å². The van der Waals surface area contributed by atoms with Crippen LogP contribution in [0, 0.1) is 5.82 Å². The van der Waals surface area contributed by atoms with Gasteiger partial charge in [-0.25, -0.2) is 19.3 Å². The number of hydrogen-bond donors (Lipinski definition) is 0. The molecule has 0 aliphatic carbocycles. The Morgan fingerprint density at radius 3 is 2.66 bits per heavy atom. The van der Waals surface area contributed by atoms with Crippen molar-refractivity contribution in [1.82, 2.24) is 19.5 Å². The van der Waals surface area contributed by atoms with Gasteiger partial charge in [-0.1, -0.05) is 24.3 Å². The first kappa shape index (κ1) is 21.8. The molecule has 6 rings (SSSR count). The van der Waals surface area contributed by atoms with Gasteiger partial charge in [0.25, 0.3) is 0 Å². The largest absolute Gasteiger partial charge is 0.473 e. The molecular weight excluding hydrogens is 475 g/mol. The van der Waals surface area contributed by atoms with Gasteiger partial charge in [-0.3, -0.25) is 4.57 Å². The van der Waals surface area contributed by atoms with E-state index in [0.29, 0.717) is 48.4 Å². The summed E-state index contributed by atoms with van der Waals surface area (Å²) in [5, 5.41) is 1.93. The number of aromatic nitrogens is 4. The average molecular weight is 496 g/mol. The highest BCUT2D eigenvalue weighted by Gasteiger charge is 2.28. The van der Waals surface area contributed by atoms with Crippen molar-refractivity contribution < 1.29 is 17.9 Å². The number of alkyl halides is 2. The second-order valence-corrected chi connectivity index (χ2v) is 9.25.